The predicted molar refractivity (Wildman–Crippen MR) is 139 cm³/mol. The second-order valence-electron chi connectivity index (χ2n) is 7.53. The van der Waals surface area contributed by atoms with E-state index in [1.807, 2.05) is 6.07 Å². The minimum Gasteiger partial charge on any atom is -0.422 e. The largest absolute Gasteiger partial charge is 0.422 e. The third-order valence-electron chi connectivity index (χ3n) is 4.99. The topological polar surface area (TPSA) is 96.9 Å². The van der Waals surface area contributed by atoms with Gasteiger partial charge in [0.1, 0.15) is 5.75 Å². The Bertz CT molecular complexity index is 1420. The first-order valence-corrected chi connectivity index (χ1v) is 11.2. The number of benzene rings is 4. The van der Waals surface area contributed by atoms with Gasteiger partial charge in [-0.1, -0.05) is 48.0 Å². The average Bonchev–Trinajstić information content (AvgIpc) is 2.90. The van der Waals surface area contributed by atoms with Crippen molar-refractivity contribution in [3.63, 3.8) is 0 Å². The van der Waals surface area contributed by atoms with Crippen molar-refractivity contribution in [2.45, 2.75) is 0 Å². The van der Waals surface area contributed by atoms with Crippen LogP contribution in [0.2, 0.25) is 5.02 Å². The first-order valence-electron chi connectivity index (χ1n) is 10.9. The zero-order valence-corrected chi connectivity index (χ0v) is 19.6. The number of esters is 1. The van der Waals surface area contributed by atoms with Gasteiger partial charge in [-0.05, 0) is 66.7 Å². The van der Waals surface area contributed by atoms with Crippen LogP contribution in [0.3, 0.4) is 0 Å². The van der Waals surface area contributed by atoms with Crippen LogP contribution < -0.4 is 15.5 Å². The van der Waals surface area contributed by atoms with Crippen LogP contribution in [0.15, 0.2) is 108 Å². The molecule has 4 aromatic carbocycles. The maximum Gasteiger partial charge on any atom is 0.343 e. The summed E-state index contributed by atoms with van der Waals surface area (Å²) < 4.78 is 5.48. The Kier molecular flexibility index (Phi) is 7.85. The molecule has 7 nitrogen and oxygen atoms in total. The summed E-state index contributed by atoms with van der Waals surface area (Å²) in [6, 6.07) is 28.4. The number of hydrazone groups is 1. The number of hydrogen-bond acceptors (Lipinski definition) is 5. The molecule has 2 amide bonds. The third-order valence-corrected chi connectivity index (χ3v) is 5.24. The van der Waals surface area contributed by atoms with Crippen molar-refractivity contribution in [1.29, 1.82) is 0 Å². The Morgan fingerprint density at radius 1 is 0.722 bits per heavy atom. The van der Waals surface area contributed by atoms with E-state index < -0.39 is 11.9 Å². The molecule has 178 valence electrons. The molecule has 4 rings (SSSR count). The van der Waals surface area contributed by atoms with E-state index in [4.69, 9.17) is 16.3 Å². The monoisotopic (exact) mass is 497 g/mol. The van der Waals surface area contributed by atoms with Gasteiger partial charge < -0.3 is 10.1 Å². The van der Waals surface area contributed by atoms with Crippen LogP contribution in [0.4, 0.5) is 5.69 Å². The molecule has 0 saturated heterocycles. The molecule has 8 heteroatoms. The lowest BCUT2D eigenvalue weighted by atomic mass is 10.1. The molecule has 0 aliphatic heterocycles. The lowest BCUT2D eigenvalue weighted by molar-refractivity contribution is 0.0734. The molecule has 0 aliphatic rings. The van der Waals surface area contributed by atoms with Crippen molar-refractivity contribution in [2.75, 3.05) is 5.32 Å². The van der Waals surface area contributed by atoms with Crippen LogP contribution in [-0.4, -0.2) is 24.0 Å². The highest BCUT2D eigenvalue weighted by Crippen LogP contribution is 2.19. The second-order valence-corrected chi connectivity index (χ2v) is 7.97. The smallest absolute Gasteiger partial charge is 0.343 e. The summed E-state index contributed by atoms with van der Waals surface area (Å²) in [5.41, 5.74) is 4.56. The number of halogens is 1. The summed E-state index contributed by atoms with van der Waals surface area (Å²) in [6.45, 7) is 0. The average molecular weight is 498 g/mol. The van der Waals surface area contributed by atoms with E-state index in [1.165, 1.54) is 6.21 Å². The molecule has 0 bridgehead atoms. The van der Waals surface area contributed by atoms with Gasteiger partial charge in [0.2, 0.25) is 0 Å². The zero-order valence-electron chi connectivity index (χ0n) is 18.9. The second kappa shape index (κ2) is 11.6. The molecule has 2 N–H and O–H groups in total. The van der Waals surface area contributed by atoms with Crippen LogP contribution in [0, 0.1) is 0 Å². The highest BCUT2D eigenvalue weighted by Gasteiger charge is 2.12. The Morgan fingerprint density at radius 3 is 2.19 bits per heavy atom. The lowest BCUT2D eigenvalue weighted by Gasteiger charge is -2.08. The number of rotatable bonds is 7. The molecular formula is C28H20ClN3O4. The van der Waals surface area contributed by atoms with Gasteiger partial charge in [-0.25, -0.2) is 10.2 Å². The molecule has 0 aromatic heterocycles. The zero-order chi connectivity index (χ0) is 25.3. The number of amides is 2. The van der Waals surface area contributed by atoms with Gasteiger partial charge in [-0.15, -0.1) is 0 Å². The van der Waals surface area contributed by atoms with E-state index in [9.17, 15) is 14.4 Å². The van der Waals surface area contributed by atoms with Crippen LogP contribution in [0.25, 0.3) is 0 Å². The van der Waals surface area contributed by atoms with Crippen molar-refractivity contribution in [2.24, 2.45) is 5.10 Å². The standard InChI is InChI=1S/C28H20ClN3O4/c29-23-15-13-20(14-16-23)28(35)36-25-12-5-4-9-22(25)18-30-32-27(34)21-10-6-11-24(17-21)31-26(33)19-7-2-1-3-8-19/h1-18H,(H,31,33)(H,32,34). The Labute approximate surface area is 212 Å². The van der Waals surface area contributed by atoms with Gasteiger partial charge in [0.05, 0.1) is 11.8 Å². The highest BCUT2D eigenvalue weighted by atomic mass is 35.5. The quantitative estimate of drug-likeness (QED) is 0.151. The number of anilines is 1. The summed E-state index contributed by atoms with van der Waals surface area (Å²) in [7, 11) is 0. The fourth-order valence-electron chi connectivity index (χ4n) is 3.18. The van der Waals surface area contributed by atoms with Crippen LogP contribution in [0.1, 0.15) is 36.6 Å². The summed E-state index contributed by atoms with van der Waals surface area (Å²) in [5, 5.41) is 7.27. The fourth-order valence-corrected chi connectivity index (χ4v) is 3.31. The van der Waals surface area contributed by atoms with E-state index in [1.54, 1.807) is 97.1 Å². The number of hydrogen-bond donors (Lipinski definition) is 2. The van der Waals surface area contributed by atoms with Gasteiger partial charge in [0.15, 0.2) is 0 Å². The van der Waals surface area contributed by atoms with Gasteiger partial charge in [-0.2, -0.15) is 5.10 Å². The highest BCUT2D eigenvalue weighted by molar-refractivity contribution is 6.30. The molecule has 0 aliphatic carbocycles. The van der Waals surface area contributed by atoms with Gasteiger partial charge in [-0.3, -0.25) is 9.59 Å². The van der Waals surface area contributed by atoms with Crippen molar-refractivity contribution >= 4 is 41.3 Å². The summed E-state index contributed by atoms with van der Waals surface area (Å²) >= 11 is 5.86. The normalized spacial score (nSPS) is 10.6. The summed E-state index contributed by atoms with van der Waals surface area (Å²) in [4.78, 5) is 37.4. The van der Waals surface area contributed by atoms with Crippen LogP contribution in [-0.2, 0) is 0 Å². The summed E-state index contributed by atoms with van der Waals surface area (Å²) in [6.07, 6.45) is 1.38. The molecular weight excluding hydrogens is 478 g/mol. The van der Waals surface area contributed by atoms with E-state index in [0.29, 0.717) is 33.0 Å². The fraction of sp³-hybridized carbons (Fsp3) is 0. The van der Waals surface area contributed by atoms with E-state index in [-0.39, 0.29) is 11.7 Å². The van der Waals surface area contributed by atoms with Crippen LogP contribution >= 0.6 is 11.6 Å². The third kappa shape index (κ3) is 6.43. The van der Waals surface area contributed by atoms with Gasteiger partial charge in [0.25, 0.3) is 11.8 Å². The molecule has 0 fully saturated rings. The Morgan fingerprint density at radius 2 is 1.42 bits per heavy atom. The predicted octanol–water partition coefficient (Wildman–Crippen LogP) is 5.58. The van der Waals surface area contributed by atoms with Crippen molar-refractivity contribution in [3.05, 3.63) is 130 Å². The molecule has 0 radical (unpaired) electrons. The maximum atomic E-state index is 12.6. The SMILES string of the molecule is O=C(NN=Cc1ccccc1OC(=O)c1ccc(Cl)cc1)c1cccc(NC(=O)c2ccccc2)c1. The number of carbonyl (C=O) groups is 3. The molecule has 0 spiro atoms. The van der Waals surface area contributed by atoms with E-state index in [0.717, 1.165) is 0 Å². The maximum absolute atomic E-state index is 12.6. The molecule has 0 unspecified atom stereocenters. The molecule has 0 saturated carbocycles. The number of carbonyl (C=O) groups excluding carboxylic acids is 3. The first kappa shape index (κ1) is 24.4. The first-order chi connectivity index (χ1) is 17.5. The molecule has 0 atom stereocenters. The number of para-hydroxylation sites is 1. The molecule has 36 heavy (non-hydrogen) atoms. The minimum atomic E-state index is -0.550. The number of nitrogens with zero attached hydrogens (tertiary/aromatic N) is 1. The van der Waals surface area contributed by atoms with Gasteiger partial charge >= 0.3 is 5.97 Å². The van der Waals surface area contributed by atoms with Gasteiger partial charge in [0, 0.05) is 27.4 Å². The Hall–Kier alpha value is -4.75. The van der Waals surface area contributed by atoms with Crippen molar-refractivity contribution in [3.8, 4) is 5.75 Å². The van der Waals surface area contributed by atoms with E-state index in [2.05, 4.69) is 15.8 Å². The summed E-state index contributed by atoms with van der Waals surface area (Å²) in [5.74, 6) is -1.03. The Balaban J connectivity index is 1.40. The van der Waals surface area contributed by atoms with Crippen LogP contribution in [0.5, 0.6) is 5.75 Å². The lowest BCUT2D eigenvalue weighted by Crippen LogP contribution is -2.18. The molecule has 0 heterocycles. The van der Waals surface area contributed by atoms with E-state index >= 15 is 0 Å². The van der Waals surface area contributed by atoms with Crippen molar-refractivity contribution in [1.82, 2.24) is 5.43 Å². The number of nitrogens with one attached hydrogen (secondary N) is 2. The minimum absolute atomic E-state index is 0.279. The van der Waals surface area contributed by atoms with Crippen molar-refractivity contribution < 1.29 is 19.1 Å². The molecule has 4 aromatic rings. The number of ether oxygens (including phenoxy) is 1.